The first-order valence-corrected chi connectivity index (χ1v) is 6.68. The van der Waals surface area contributed by atoms with Gasteiger partial charge < -0.3 is 9.84 Å². The first-order chi connectivity index (χ1) is 8.99. The Hall–Kier alpha value is -1.23. The highest BCUT2D eigenvalue weighted by Gasteiger charge is 2.16. The number of carboxylic acid groups (broad SMARTS) is 1. The lowest BCUT2D eigenvalue weighted by atomic mass is 10.2. The number of carbonyl (C=O) groups is 1. The zero-order chi connectivity index (χ0) is 14.0. The standard InChI is InChI=1S/C13H7BrCl2O3/c14-8-2-1-3-10(12(8)13(17)18)19-11-6-7(15)4-5-9(11)16/h1-6H,(H,17,18). The number of benzene rings is 2. The Morgan fingerprint density at radius 1 is 1.16 bits per heavy atom. The fraction of sp³-hybridized carbons (Fsp3) is 0. The van der Waals surface area contributed by atoms with Gasteiger partial charge in [0.05, 0.1) is 5.02 Å². The van der Waals surface area contributed by atoms with Gasteiger partial charge in [0.25, 0.3) is 0 Å². The number of hydrogen-bond donors (Lipinski definition) is 1. The number of hydrogen-bond acceptors (Lipinski definition) is 2. The Morgan fingerprint density at radius 3 is 2.58 bits per heavy atom. The molecule has 0 aliphatic carbocycles. The van der Waals surface area contributed by atoms with Crippen molar-refractivity contribution in [3.05, 3.63) is 56.5 Å². The van der Waals surface area contributed by atoms with Crippen LogP contribution in [0.4, 0.5) is 0 Å². The second-order valence-electron chi connectivity index (χ2n) is 3.59. The topological polar surface area (TPSA) is 46.5 Å². The van der Waals surface area contributed by atoms with Gasteiger partial charge in [-0.15, -0.1) is 0 Å². The van der Waals surface area contributed by atoms with E-state index in [-0.39, 0.29) is 11.3 Å². The number of aromatic carboxylic acids is 1. The minimum Gasteiger partial charge on any atom is -0.478 e. The first kappa shape index (κ1) is 14.2. The summed E-state index contributed by atoms with van der Waals surface area (Å²) < 4.78 is 5.96. The van der Waals surface area contributed by atoms with Gasteiger partial charge in [0.15, 0.2) is 0 Å². The van der Waals surface area contributed by atoms with Crippen LogP contribution in [-0.4, -0.2) is 11.1 Å². The van der Waals surface area contributed by atoms with Crippen molar-refractivity contribution in [3.63, 3.8) is 0 Å². The van der Waals surface area contributed by atoms with E-state index in [1.165, 1.54) is 6.07 Å². The summed E-state index contributed by atoms with van der Waals surface area (Å²) in [6.07, 6.45) is 0. The first-order valence-electron chi connectivity index (χ1n) is 5.13. The summed E-state index contributed by atoms with van der Waals surface area (Å²) >= 11 is 15.0. The predicted molar refractivity (Wildman–Crippen MR) is 77.6 cm³/mol. The molecule has 2 aromatic carbocycles. The summed E-state index contributed by atoms with van der Waals surface area (Å²) in [5.74, 6) is -0.610. The van der Waals surface area contributed by atoms with Crippen molar-refractivity contribution in [2.75, 3.05) is 0 Å². The lowest BCUT2D eigenvalue weighted by Gasteiger charge is -2.11. The van der Waals surface area contributed by atoms with Crippen molar-refractivity contribution >= 4 is 45.1 Å². The molecule has 0 atom stereocenters. The summed E-state index contributed by atoms with van der Waals surface area (Å²) in [5.41, 5.74) is 0.0264. The Bertz CT molecular complexity index is 644. The second kappa shape index (κ2) is 5.82. The van der Waals surface area contributed by atoms with Crippen LogP contribution in [0, 0.1) is 0 Å². The van der Waals surface area contributed by atoms with Gasteiger partial charge in [-0.2, -0.15) is 0 Å². The van der Waals surface area contributed by atoms with Crippen LogP contribution < -0.4 is 4.74 Å². The SMILES string of the molecule is O=C(O)c1c(Br)cccc1Oc1cc(Cl)ccc1Cl. The number of rotatable bonds is 3. The summed E-state index contributed by atoms with van der Waals surface area (Å²) in [6, 6.07) is 9.56. The highest BCUT2D eigenvalue weighted by Crippen LogP contribution is 2.35. The lowest BCUT2D eigenvalue weighted by Crippen LogP contribution is -2.01. The second-order valence-corrected chi connectivity index (χ2v) is 5.29. The zero-order valence-corrected chi connectivity index (χ0v) is 12.5. The molecule has 0 spiro atoms. The third-order valence-electron chi connectivity index (χ3n) is 2.30. The highest BCUT2D eigenvalue weighted by atomic mass is 79.9. The molecule has 3 nitrogen and oxygen atoms in total. The van der Waals surface area contributed by atoms with Crippen LogP contribution in [0.2, 0.25) is 10.0 Å². The maximum Gasteiger partial charge on any atom is 0.340 e. The van der Waals surface area contributed by atoms with Gasteiger partial charge in [0, 0.05) is 15.6 Å². The molecule has 0 bridgehead atoms. The number of carboxylic acids is 1. The molecular weight excluding hydrogens is 355 g/mol. The average molecular weight is 362 g/mol. The Kier molecular flexibility index (Phi) is 4.34. The van der Waals surface area contributed by atoms with Crippen LogP contribution in [0.5, 0.6) is 11.5 Å². The molecule has 19 heavy (non-hydrogen) atoms. The molecule has 0 aromatic heterocycles. The van der Waals surface area contributed by atoms with Crippen molar-refractivity contribution < 1.29 is 14.6 Å². The van der Waals surface area contributed by atoms with Gasteiger partial charge in [-0.05, 0) is 40.2 Å². The van der Waals surface area contributed by atoms with E-state index in [2.05, 4.69) is 15.9 Å². The smallest absolute Gasteiger partial charge is 0.340 e. The minimum atomic E-state index is -1.10. The number of halogens is 3. The molecule has 0 fully saturated rings. The fourth-order valence-corrected chi connectivity index (χ4v) is 2.31. The summed E-state index contributed by atoms with van der Waals surface area (Å²) in [4.78, 5) is 11.2. The van der Waals surface area contributed by atoms with Gasteiger partial charge in [-0.3, -0.25) is 0 Å². The van der Waals surface area contributed by atoms with Gasteiger partial charge in [-0.1, -0.05) is 29.3 Å². The minimum absolute atomic E-state index is 0.0264. The van der Waals surface area contributed by atoms with E-state index in [9.17, 15) is 9.90 Å². The summed E-state index contributed by atoms with van der Waals surface area (Å²) in [6.45, 7) is 0. The molecule has 0 saturated heterocycles. The molecule has 0 amide bonds. The molecule has 2 rings (SSSR count). The molecule has 0 saturated carbocycles. The third-order valence-corrected chi connectivity index (χ3v) is 3.51. The van der Waals surface area contributed by atoms with Crippen LogP contribution in [-0.2, 0) is 0 Å². The largest absolute Gasteiger partial charge is 0.478 e. The number of ether oxygens (including phenoxy) is 1. The maximum atomic E-state index is 11.2. The third kappa shape index (κ3) is 3.21. The van der Waals surface area contributed by atoms with E-state index in [4.69, 9.17) is 27.9 Å². The Labute approximate surface area is 127 Å². The van der Waals surface area contributed by atoms with Crippen LogP contribution in [0.15, 0.2) is 40.9 Å². The zero-order valence-electron chi connectivity index (χ0n) is 9.36. The molecule has 0 aliphatic heterocycles. The molecule has 6 heteroatoms. The van der Waals surface area contributed by atoms with Gasteiger partial charge in [0.1, 0.15) is 17.1 Å². The van der Waals surface area contributed by atoms with Gasteiger partial charge in [0.2, 0.25) is 0 Å². The Morgan fingerprint density at radius 2 is 1.89 bits per heavy atom. The average Bonchev–Trinajstić information content (AvgIpc) is 2.33. The van der Waals surface area contributed by atoms with Crippen LogP contribution >= 0.6 is 39.1 Å². The molecule has 0 heterocycles. The molecule has 2 aromatic rings. The lowest BCUT2D eigenvalue weighted by molar-refractivity contribution is 0.0693. The fourth-order valence-electron chi connectivity index (χ4n) is 1.47. The van der Waals surface area contributed by atoms with E-state index >= 15 is 0 Å². The molecule has 0 radical (unpaired) electrons. The molecule has 0 unspecified atom stereocenters. The maximum absolute atomic E-state index is 11.2. The summed E-state index contributed by atoms with van der Waals surface area (Å²) in [7, 11) is 0. The normalized spacial score (nSPS) is 10.3. The quantitative estimate of drug-likeness (QED) is 0.812. The van der Waals surface area contributed by atoms with E-state index in [1.807, 2.05) is 0 Å². The van der Waals surface area contributed by atoms with Crippen molar-refractivity contribution in [2.24, 2.45) is 0 Å². The van der Waals surface area contributed by atoms with E-state index in [0.29, 0.717) is 20.3 Å². The molecule has 0 aliphatic rings. The Balaban J connectivity index is 2.46. The van der Waals surface area contributed by atoms with Crippen LogP contribution in [0.1, 0.15) is 10.4 Å². The van der Waals surface area contributed by atoms with Crippen LogP contribution in [0.25, 0.3) is 0 Å². The van der Waals surface area contributed by atoms with E-state index in [1.54, 1.807) is 30.3 Å². The van der Waals surface area contributed by atoms with Crippen molar-refractivity contribution in [3.8, 4) is 11.5 Å². The highest BCUT2D eigenvalue weighted by molar-refractivity contribution is 9.10. The monoisotopic (exact) mass is 360 g/mol. The van der Waals surface area contributed by atoms with Gasteiger partial charge >= 0.3 is 5.97 Å². The van der Waals surface area contributed by atoms with Crippen molar-refractivity contribution in [1.29, 1.82) is 0 Å². The molecule has 98 valence electrons. The summed E-state index contributed by atoms with van der Waals surface area (Å²) in [5, 5.41) is 9.98. The van der Waals surface area contributed by atoms with E-state index < -0.39 is 5.97 Å². The van der Waals surface area contributed by atoms with Crippen LogP contribution in [0.3, 0.4) is 0 Å². The van der Waals surface area contributed by atoms with Gasteiger partial charge in [-0.25, -0.2) is 4.79 Å². The molecule has 1 N–H and O–H groups in total. The van der Waals surface area contributed by atoms with Crippen molar-refractivity contribution in [2.45, 2.75) is 0 Å². The predicted octanol–water partition coefficient (Wildman–Crippen LogP) is 5.25. The molecular formula is C13H7BrCl2O3. The van der Waals surface area contributed by atoms with E-state index in [0.717, 1.165) is 0 Å². The van der Waals surface area contributed by atoms with Crippen molar-refractivity contribution in [1.82, 2.24) is 0 Å².